The summed E-state index contributed by atoms with van der Waals surface area (Å²) in [6, 6.07) is 9.14. The van der Waals surface area contributed by atoms with Gasteiger partial charge in [0, 0.05) is 19.1 Å². The molecule has 0 aliphatic heterocycles. The Labute approximate surface area is 125 Å². The molecule has 0 heterocycles. The Bertz CT molecular complexity index is 464. The fraction of sp³-hybridized carbons (Fsp3) is 0.467. The van der Waals surface area contributed by atoms with E-state index in [9.17, 15) is 9.59 Å². The van der Waals surface area contributed by atoms with Crippen molar-refractivity contribution in [2.24, 2.45) is 11.5 Å². The van der Waals surface area contributed by atoms with E-state index in [2.05, 4.69) is 22.3 Å². The quantitative estimate of drug-likeness (QED) is 0.619. The molecule has 1 aromatic rings. The van der Waals surface area contributed by atoms with Crippen LogP contribution in [-0.2, 0) is 16.1 Å². The topological polar surface area (TPSA) is 101 Å². The van der Waals surface area contributed by atoms with Crippen molar-refractivity contribution in [3.63, 3.8) is 0 Å². The lowest BCUT2D eigenvalue weighted by Crippen LogP contribution is -2.48. The third kappa shape index (κ3) is 6.87. The highest BCUT2D eigenvalue weighted by atomic mass is 16.2. The fourth-order valence-corrected chi connectivity index (χ4v) is 2.13. The molecule has 1 rings (SSSR count). The summed E-state index contributed by atoms with van der Waals surface area (Å²) in [7, 11) is 1.99. The van der Waals surface area contributed by atoms with Gasteiger partial charge in [0.2, 0.25) is 11.8 Å². The van der Waals surface area contributed by atoms with Crippen LogP contribution in [-0.4, -0.2) is 42.4 Å². The van der Waals surface area contributed by atoms with Gasteiger partial charge in [-0.3, -0.25) is 9.59 Å². The largest absolute Gasteiger partial charge is 0.370 e. The molecule has 0 spiro atoms. The number of hydrogen-bond donors (Lipinski definition) is 3. The summed E-state index contributed by atoms with van der Waals surface area (Å²) >= 11 is 0. The molecule has 21 heavy (non-hydrogen) atoms. The highest BCUT2D eigenvalue weighted by Gasteiger charge is 2.18. The number of nitrogens with zero attached hydrogens (tertiary/aromatic N) is 1. The van der Waals surface area contributed by atoms with Crippen LogP contribution in [0.25, 0.3) is 0 Å². The third-order valence-electron chi connectivity index (χ3n) is 3.03. The second-order valence-corrected chi connectivity index (χ2v) is 5.37. The van der Waals surface area contributed by atoms with Gasteiger partial charge in [-0.1, -0.05) is 30.3 Å². The van der Waals surface area contributed by atoms with Crippen molar-refractivity contribution in [2.45, 2.75) is 32.0 Å². The second-order valence-electron chi connectivity index (χ2n) is 5.37. The lowest BCUT2D eigenvalue weighted by atomic mass is 10.1. The average molecular weight is 292 g/mol. The molecule has 116 valence electrons. The first kappa shape index (κ1) is 17.1. The van der Waals surface area contributed by atoms with Gasteiger partial charge in [0.25, 0.3) is 0 Å². The lowest BCUT2D eigenvalue weighted by molar-refractivity contribution is -0.126. The van der Waals surface area contributed by atoms with E-state index in [1.54, 1.807) is 0 Å². The van der Waals surface area contributed by atoms with Crippen LogP contribution in [0.2, 0.25) is 0 Å². The summed E-state index contributed by atoms with van der Waals surface area (Å²) in [6.45, 7) is 3.38. The smallest absolute Gasteiger partial charge is 0.237 e. The zero-order valence-electron chi connectivity index (χ0n) is 12.6. The van der Waals surface area contributed by atoms with Gasteiger partial charge >= 0.3 is 0 Å². The van der Waals surface area contributed by atoms with E-state index in [1.807, 2.05) is 32.2 Å². The van der Waals surface area contributed by atoms with Crippen LogP contribution in [0.15, 0.2) is 30.3 Å². The first-order valence-electron chi connectivity index (χ1n) is 6.95. The molecule has 0 fully saturated rings. The van der Waals surface area contributed by atoms with Gasteiger partial charge in [0.05, 0.1) is 12.5 Å². The van der Waals surface area contributed by atoms with Gasteiger partial charge in [0.15, 0.2) is 0 Å². The molecule has 2 unspecified atom stereocenters. The summed E-state index contributed by atoms with van der Waals surface area (Å²) in [5, 5.41) is 2.79. The first-order valence-corrected chi connectivity index (χ1v) is 6.95. The number of carbonyl (C=O) groups excluding carboxylic acids is 2. The van der Waals surface area contributed by atoms with Gasteiger partial charge in [0.1, 0.15) is 0 Å². The van der Waals surface area contributed by atoms with Gasteiger partial charge < -0.3 is 21.7 Å². The molecule has 0 aliphatic carbocycles. The number of amides is 2. The normalized spacial score (nSPS) is 13.7. The molecule has 6 nitrogen and oxygen atoms in total. The average Bonchev–Trinajstić information content (AvgIpc) is 2.38. The zero-order chi connectivity index (χ0) is 15.8. The van der Waals surface area contributed by atoms with E-state index in [0.717, 1.165) is 6.54 Å². The maximum absolute atomic E-state index is 11.8. The molecule has 0 aromatic heterocycles. The monoisotopic (exact) mass is 292 g/mol. The van der Waals surface area contributed by atoms with E-state index < -0.39 is 11.9 Å². The maximum Gasteiger partial charge on any atom is 0.237 e. The zero-order valence-corrected chi connectivity index (χ0v) is 12.6. The van der Waals surface area contributed by atoms with Crippen LogP contribution < -0.4 is 16.8 Å². The molecule has 1 aromatic carbocycles. The predicted octanol–water partition coefficient (Wildman–Crippen LogP) is -0.174. The van der Waals surface area contributed by atoms with Gasteiger partial charge in [-0.2, -0.15) is 0 Å². The van der Waals surface area contributed by atoms with Crippen LogP contribution in [0.4, 0.5) is 0 Å². The summed E-state index contributed by atoms with van der Waals surface area (Å²) in [5.74, 6) is -0.930. The van der Waals surface area contributed by atoms with Crippen molar-refractivity contribution in [3.8, 4) is 0 Å². The Hall–Kier alpha value is -1.92. The number of rotatable bonds is 8. The molecule has 2 amide bonds. The summed E-state index contributed by atoms with van der Waals surface area (Å²) in [6.07, 6.45) is -0.140. The third-order valence-corrected chi connectivity index (χ3v) is 3.03. The Morgan fingerprint density at radius 2 is 1.90 bits per heavy atom. The van der Waals surface area contributed by atoms with Gasteiger partial charge in [-0.15, -0.1) is 0 Å². The minimum absolute atomic E-state index is 0.0647. The molecule has 0 bridgehead atoms. The highest BCUT2D eigenvalue weighted by Crippen LogP contribution is 2.03. The Morgan fingerprint density at radius 3 is 2.48 bits per heavy atom. The van der Waals surface area contributed by atoms with E-state index >= 15 is 0 Å². The van der Waals surface area contributed by atoms with E-state index in [1.165, 1.54) is 5.56 Å². The molecule has 0 aliphatic rings. The fourth-order valence-electron chi connectivity index (χ4n) is 2.13. The minimum Gasteiger partial charge on any atom is -0.370 e. The number of benzene rings is 1. The molecule has 0 radical (unpaired) electrons. The van der Waals surface area contributed by atoms with Crippen LogP contribution in [0.3, 0.4) is 0 Å². The van der Waals surface area contributed by atoms with Crippen LogP contribution in [0, 0.1) is 0 Å². The molecule has 2 atom stereocenters. The summed E-state index contributed by atoms with van der Waals surface area (Å²) in [4.78, 5) is 24.6. The predicted molar refractivity (Wildman–Crippen MR) is 82.2 cm³/mol. The Kier molecular flexibility index (Phi) is 6.84. The van der Waals surface area contributed by atoms with Crippen molar-refractivity contribution in [1.82, 2.24) is 10.2 Å². The van der Waals surface area contributed by atoms with E-state index in [4.69, 9.17) is 11.5 Å². The van der Waals surface area contributed by atoms with Gasteiger partial charge in [-0.25, -0.2) is 0 Å². The maximum atomic E-state index is 11.8. The molecule has 6 heteroatoms. The van der Waals surface area contributed by atoms with Crippen molar-refractivity contribution < 1.29 is 9.59 Å². The Balaban J connectivity index is 2.37. The first-order chi connectivity index (χ1) is 9.88. The molecule has 0 saturated heterocycles. The SMILES string of the molecule is CC(CN(C)Cc1ccccc1)NC(=O)C(N)CC(N)=O. The highest BCUT2D eigenvalue weighted by molar-refractivity contribution is 5.87. The minimum atomic E-state index is -0.885. The molecule has 0 saturated carbocycles. The number of primary amides is 1. The van der Waals surface area contributed by atoms with Gasteiger partial charge in [-0.05, 0) is 19.5 Å². The van der Waals surface area contributed by atoms with Crippen molar-refractivity contribution in [3.05, 3.63) is 35.9 Å². The number of nitrogens with one attached hydrogen (secondary N) is 1. The molecular formula is C15H24N4O2. The number of nitrogens with two attached hydrogens (primary N) is 2. The number of hydrogen-bond acceptors (Lipinski definition) is 4. The van der Waals surface area contributed by atoms with Crippen LogP contribution in [0.5, 0.6) is 0 Å². The molecule has 5 N–H and O–H groups in total. The summed E-state index contributed by atoms with van der Waals surface area (Å²) < 4.78 is 0. The lowest BCUT2D eigenvalue weighted by Gasteiger charge is -2.23. The Morgan fingerprint density at radius 1 is 1.29 bits per heavy atom. The van der Waals surface area contributed by atoms with E-state index in [-0.39, 0.29) is 18.4 Å². The van der Waals surface area contributed by atoms with Crippen molar-refractivity contribution in [2.75, 3.05) is 13.6 Å². The van der Waals surface area contributed by atoms with E-state index in [0.29, 0.717) is 6.54 Å². The van der Waals surface area contributed by atoms with Crippen LogP contribution >= 0.6 is 0 Å². The second kappa shape index (κ2) is 8.39. The molecular weight excluding hydrogens is 268 g/mol. The van der Waals surface area contributed by atoms with Crippen molar-refractivity contribution in [1.29, 1.82) is 0 Å². The standard InChI is InChI=1S/C15H24N4O2/c1-11(18-15(21)13(16)8-14(17)20)9-19(2)10-12-6-4-3-5-7-12/h3-7,11,13H,8-10,16H2,1-2H3,(H2,17,20)(H,18,21). The van der Waals surface area contributed by atoms with Crippen LogP contribution in [0.1, 0.15) is 18.9 Å². The summed E-state index contributed by atoms with van der Waals surface area (Å²) in [5.41, 5.74) is 11.8. The number of carbonyl (C=O) groups is 2. The number of likely N-dealkylation sites (N-methyl/N-ethyl adjacent to an activating group) is 1. The van der Waals surface area contributed by atoms with Crippen molar-refractivity contribution >= 4 is 11.8 Å².